The lowest BCUT2D eigenvalue weighted by atomic mass is 9.76. The molecule has 0 heterocycles. The summed E-state index contributed by atoms with van der Waals surface area (Å²) in [4.78, 5) is 12.7. The fraction of sp³-hybridized carbons (Fsp3) is 0.240. The topological polar surface area (TPSA) is 38.3 Å². The van der Waals surface area contributed by atoms with Crippen molar-refractivity contribution in [3.05, 3.63) is 101 Å². The number of methoxy groups -OCH3 is 1. The Morgan fingerprint density at radius 1 is 0.929 bits per heavy atom. The van der Waals surface area contributed by atoms with Crippen molar-refractivity contribution in [1.29, 1.82) is 0 Å². The van der Waals surface area contributed by atoms with E-state index < -0.39 is 0 Å². The predicted octanol–water partition coefficient (Wildman–Crippen LogP) is 4.67. The zero-order valence-corrected chi connectivity index (χ0v) is 16.7. The highest BCUT2D eigenvalue weighted by atomic mass is 16.5. The van der Waals surface area contributed by atoms with Gasteiger partial charge in [-0.15, -0.1) is 0 Å². The van der Waals surface area contributed by atoms with Crippen molar-refractivity contribution < 1.29 is 9.53 Å². The molecule has 0 aliphatic carbocycles. The second-order valence-electron chi connectivity index (χ2n) is 7.33. The van der Waals surface area contributed by atoms with Gasteiger partial charge in [-0.3, -0.25) is 4.79 Å². The maximum atomic E-state index is 12.7. The Kier molecular flexibility index (Phi) is 6.15. The molecule has 0 spiro atoms. The molecule has 3 aromatic carbocycles. The highest BCUT2D eigenvalue weighted by Gasteiger charge is 2.29. The summed E-state index contributed by atoms with van der Waals surface area (Å²) >= 11 is 0. The molecule has 28 heavy (non-hydrogen) atoms. The molecule has 1 N–H and O–H groups in total. The lowest BCUT2D eigenvalue weighted by molar-refractivity contribution is -0.120. The normalized spacial score (nSPS) is 11.1. The molecule has 0 fully saturated rings. The molecule has 0 atom stereocenters. The van der Waals surface area contributed by atoms with E-state index in [4.69, 9.17) is 4.74 Å². The van der Waals surface area contributed by atoms with E-state index in [1.165, 1.54) is 11.1 Å². The average molecular weight is 373 g/mol. The first-order valence-electron chi connectivity index (χ1n) is 9.54. The molecule has 3 nitrogen and oxygen atoms in total. The van der Waals surface area contributed by atoms with Gasteiger partial charge in [-0.2, -0.15) is 0 Å². The number of rotatable bonds is 7. The highest BCUT2D eigenvalue weighted by molar-refractivity contribution is 5.79. The number of carbonyl (C=O) groups excluding carboxylic acids is 1. The van der Waals surface area contributed by atoms with Crippen LogP contribution in [-0.4, -0.2) is 19.6 Å². The van der Waals surface area contributed by atoms with Crippen molar-refractivity contribution in [3.63, 3.8) is 0 Å². The molecule has 0 aromatic heterocycles. The van der Waals surface area contributed by atoms with Gasteiger partial charge in [0.05, 0.1) is 13.5 Å². The molecular formula is C25H27NO2. The van der Waals surface area contributed by atoms with Crippen LogP contribution in [-0.2, 0) is 16.6 Å². The largest absolute Gasteiger partial charge is 0.496 e. The van der Waals surface area contributed by atoms with Crippen LogP contribution in [0.15, 0.2) is 78.9 Å². The Bertz CT molecular complexity index is 880. The number of amides is 1. The van der Waals surface area contributed by atoms with Gasteiger partial charge < -0.3 is 10.1 Å². The summed E-state index contributed by atoms with van der Waals surface area (Å²) in [6, 6.07) is 26.5. The first-order valence-corrected chi connectivity index (χ1v) is 9.54. The minimum Gasteiger partial charge on any atom is -0.496 e. The maximum Gasteiger partial charge on any atom is 0.224 e. The van der Waals surface area contributed by atoms with E-state index in [1.54, 1.807) is 7.11 Å². The number of aryl methyl sites for hydroxylation is 1. The van der Waals surface area contributed by atoms with Crippen LogP contribution in [0, 0.1) is 6.92 Å². The van der Waals surface area contributed by atoms with Crippen LogP contribution in [0.25, 0.3) is 0 Å². The van der Waals surface area contributed by atoms with E-state index in [0.29, 0.717) is 13.0 Å². The first-order chi connectivity index (χ1) is 13.5. The van der Waals surface area contributed by atoms with Crippen molar-refractivity contribution in [3.8, 4) is 5.75 Å². The van der Waals surface area contributed by atoms with Gasteiger partial charge in [0.25, 0.3) is 0 Å². The SMILES string of the molecule is COc1ccc(C)cc1CC(=O)NCC(C)(c1ccccc1)c1ccccc1. The second-order valence-corrected chi connectivity index (χ2v) is 7.33. The second kappa shape index (κ2) is 8.75. The number of benzene rings is 3. The van der Waals surface area contributed by atoms with Gasteiger partial charge in [-0.25, -0.2) is 0 Å². The summed E-state index contributed by atoms with van der Waals surface area (Å²) in [6.45, 7) is 4.71. The van der Waals surface area contributed by atoms with Crippen LogP contribution >= 0.6 is 0 Å². The Morgan fingerprint density at radius 3 is 2.04 bits per heavy atom. The van der Waals surface area contributed by atoms with E-state index in [0.717, 1.165) is 16.9 Å². The first kappa shape index (κ1) is 19.7. The standard InChI is InChI=1S/C25H27NO2/c1-19-14-15-23(28-3)20(16-19)17-24(27)26-18-25(2,21-10-6-4-7-11-21)22-12-8-5-9-13-22/h4-16H,17-18H2,1-3H3,(H,26,27). The molecule has 0 saturated carbocycles. The number of nitrogens with one attached hydrogen (secondary N) is 1. The van der Waals surface area contributed by atoms with Crippen molar-refractivity contribution >= 4 is 5.91 Å². The van der Waals surface area contributed by atoms with E-state index in [2.05, 4.69) is 36.5 Å². The van der Waals surface area contributed by atoms with Crippen molar-refractivity contribution in [2.75, 3.05) is 13.7 Å². The Balaban J connectivity index is 1.79. The number of hydrogen-bond donors (Lipinski definition) is 1. The zero-order chi connectivity index (χ0) is 20.0. The van der Waals surface area contributed by atoms with Crippen LogP contribution in [0.1, 0.15) is 29.2 Å². The summed E-state index contributed by atoms with van der Waals surface area (Å²) in [5, 5.41) is 3.15. The number of ether oxygens (including phenoxy) is 1. The average Bonchev–Trinajstić information content (AvgIpc) is 2.73. The molecule has 0 aliphatic rings. The van der Waals surface area contributed by atoms with Gasteiger partial charge in [0.2, 0.25) is 5.91 Å². The van der Waals surface area contributed by atoms with E-state index >= 15 is 0 Å². The molecule has 3 heteroatoms. The molecule has 3 rings (SSSR count). The molecular weight excluding hydrogens is 346 g/mol. The summed E-state index contributed by atoms with van der Waals surface area (Å²) in [6.07, 6.45) is 0.296. The molecule has 144 valence electrons. The molecule has 3 aromatic rings. The van der Waals surface area contributed by atoms with Crippen molar-refractivity contribution in [2.45, 2.75) is 25.7 Å². The summed E-state index contributed by atoms with van der Waals surface area (Å²) in [7, 11) is 1.63. The number of hydrogen-bond acceptors (Lipinski definition) is 2. The van der Waals surface area contributed by atoms with Crippen LogP contribution in [0.5, 0.6) is 5.75 Å². The molecule has 1 amide bonds. The van der Waals surface area contributed by atoms with Gasteiger partial charge in [0.15, 0.2) is 0 Å². The third-order valence-electron chi connectivity index (χ3n) is 5.25. The lowest BCUT2D eigenvalue weighted by Gasteiger charge is -2.31. The fourth-order valence-corrected chi connectivity index (χ4v) is 3.54. The third kappa shape index (κ3) is 4.42. The van der Waals surface area contributed by atoms with E-state index in [1.807, 2.05) is 61.5 Å². The molecule has 0 radical (unpaired) electrons. The number of carbonyl (C=O) groups is 1. The van der Waals surface area contributed by atoms with Gasteiger partial charge in [-0.05, 0) is 31.0 Å². The monoisotopic (exact) mass is 373 g/mol. The third-order valence-corrected chi connectivity index (χ3v) is 5.25. The van der Waals surface area contributed by atoms with Crippen LogP contribution in [0.2, 0.25) is 0 Å². The zero-order valence-electron chi connectivity index (χ0n) is 16.7. The summed E-state index contributed by atoms with van der Waals surface area (Å²) < 4.78 is 5.41. The Hall–Kier alpha value is -3.07. The lowest BCUT2D eigenvalue weighted by Crippen LogP contribution is -2.40. The van der Waals surface area contributed by atoms with Gasteiger partial charge >= 0.3 is 0 Å². The van der Waals surface area contributed by atoms with Crippen LogP contribution < -0.4 is 10.1 Å². The van der Waals surface area contributed by atoms with Gasteiger partial charge in [-0.1, -0.05) is 78.4 Å². The van der Waals surface area contributed by atoms with Crippen LogP contribution in [0.4, 0.5) is 0 Å². The van der Waals surface area contributed by atoms with Crippen molar-refractivity contribution in [2.24, 2.45) is 0 Å². The molecule has 0 saturated heterocycles. The highest BCUT2D eigenvalue weighted by Crippen LogP contribution is 2.31. The smallest absolute Gasteiger partial charge is 0.224 e. The summed E-state index contributed by atoms with van der Waals surface area (Å²) in [5.74, 6) is 0.733. The fourth-order valence-electron chi connectivity index (χ4n) is 3.54. The summed E-state index contributed by atoms with van der Waals surface area (Å²) in [5.41, 5.74) is 4.06. The quantitative estimate of drug-likeness (QED) is 0.654. The van der Waals surface area contributed by atoms with Crippen LogP contribution in [0.3, 0.4) is 0 Å². The minimum absolute atomic E-state index is 0.0120. The van der Waals surface area contributed by atoms with Crippen molar-refractivity contribution in [1.82, 2.24) is 5.32 Å². The van der Waals surface area contributed by atoms with E-state index in [-0.39, 0.29) is 11.3 Å². The van der Waals surface area contributed by atoms with Gasteiger partial charge in [0.1, 0.15) is 5.75 Å². The Morgan fingerprint density at radius 2 is 1.50 bits per heavy atom. The predicted molar refractivity (Wildman–Crippen MR) is 114 cm³/mol. The molecule has 0 unspecified atom stereocenters. The molecule has 0 aliphatic heterocycles. The molecule has 0 bridgehead atoms. The minimum atomic E-state index is -0.311. The van der Waals surface area contributed by atoms with Gasteiger partial charge in [0, 0.05) is 17.5 Å². The van der Waals surface area contributed by atoms with E-state index in [9.17, 15) is 4.79 Å². The maximum absolute atomic E-state index is 12.7. The Labute approximate surface area is 167 Å².